The molecule has 2 nitrogen and oxygen atoms in total. The standard InChI is InChI=1S/C13H17NOS/c1-3-11-6-7-12(15-11)9-14-10(2)13-5-4-8-16-13/h4-8,10,14H,3,9H2,1-2H3/t10-/m0/s1. The molecule has 16 heavy (non-hydrogen) atoms. The van der Waals surface area contributed by atoms with E-state index < -0.39 is 0 Å². The van der Waals surface area contributed by atoms with E-state index in [0.29, 0.717) is 6.04 Å². The van der Waals surface area contributed by atoms with Crippen molar-refractivity contribution >= 4 is 11.3 Å². The molecule has 0 saturated carbocycles. The maximum absolute atomic E-state index is 5.64. The molecule has 3 heteroatoms. The third kappa shape index (κ3) is 2.74. The van der Waals surface area contributed by atoms with Crippen molar-refractivity contribution in [2.75, 3.05) is 0 Å². The Bertz CT molecular complexity index is 419. The number of aryl methyl sites for hydroxylation is 1. The topological polar surface area (TPSA) is 25.2 Å². The van der Waals surface area contributed by atoms with Crippen molar-refractivity contribution in [2.45, 2.75) is 32.9 Å². The van der Waals surface area contributed by atoms with Gasteiger partial charge in [-0.05, 0) is 30.5 Å². The number of nitrogens with one attached hydrogen (secondary N) is 1. The molecule has 0 unspecified atom stereocenters. The summed E-state index contributed by atoms with van der Waals surface area (Å²) in [7, 11) is 0. The van der Waals surface area contributed by atoms with Gasteiger partial charge in [0.1, 0.15) is 11.5 Å². The van der Waals surface area contributed by atoms with E-state index in [9.17, 15) is 0 Å². The number of hydrogen-bond acceptors (Lipinski definition) is 3. The average molecular weight is 235 g/mol. The molecule has 0 fully saturated rings. The van der Waals surface area contributed by atoms with Gasteiger partial charge in [0.2, 0.25) is 0 Å². The van der Waals surface area contributed by atoms with Crippen molar-refractivity contribution < 1.29 is 4.42 Å². The van der Waals surface area contributed by atoms with Crippen LogP contribution in [0, 0.1) is 0 Å². The summed E-state index contributed by atoms with van der Waals surface area (Å²) in [5.74, 6) is 2.07. The Hall–Kier alpha value is -1.06. The molecule has 0 aliphatic heterocycles. The van der Waals surface area contributed by atoms with Gasteiger partial charge in [-0.15, -0.1) is 11.3 Å². The summed E-state index contributed by atoms with van der Waals surface area (Å²) in [6.45, 7) is 5.07. The van der Waals surface area contributed by atoms with Crippen LogP contribution in [0.5, 0.6) is 0 Å². The molecule has 0 aliphatic carbocycles. The molecule has 0 aromatic carbocycles. The second-order valence-corrected chi connectivity index (χ2v) is 4.82. The van der Waals surface area contributed by atoms with Gasteiger partial charge in [-0.2, -0.15) is 0 Å². The van der Waals surface area contributed by atoms with Crippen LogP contribution in [0.1, 0.15) is 36.3 Å². The van der Waals surface area contributed by atoms with Gasteiger partial charge in [0.05, 0.1) is 6.54 Å². The molecule has 1 atom stereocenters. The largest absolute Gasteiger partial charge is 0.465 e. The Morgan fingerprint density at radius 2 is 2.12 bits per heavy atom. The number of rotatable bonds is 5. The summed E-state index contributed by atoms with van der Waals surface area (Å²) < 4.78 is 5.64. The van der Waals surface area contributed by atoms with Crippen LogP contribution < -0.4 is 5.32 Å². The number of thiophene rings is 1. The van der Waals surface area contributed by atoms with Crippen LogP contribution in [0.25, 0.3) is 0 Å². The summed E-state index contributed by atoms with van der Waals surface area (Å²) in [6.07, 6.45) is 0.959. The van der Waals surface area contributed by atoms with Crippen molar-refractivity contribution in [3.8, 4) is 0 Å². The quantitative estimate of drug-likeness (QED) is 0.853. The lowest BCUT2D eigenvalue weighted by Gasteiger charge is -2.10. The predicted molar refractivity (Wildman–Crippen MR) is 67.7 cm³/mol. The first-order valence-electron chi connectivity index (χ1n) is 5.64. The zero-order valence-corrected chi connectivity index (χ0v) is 10.5. The second-order valence-electron chi connectivity index (χ2n) is 3.84. The fourth-order valence-corrected chi connectivity index (χ4v) is 2.36. The first-order chi connectivity index (χ1) is 7.79. The highest BCUT2D eigenvalue weighted by Gasteiger charge is 2.07. The lowest BCUT2D eigenvalue weighted by Crippen LogP contribution is -2.16. The van der Waals surface area contributed by atoms with Gasteiger partial charge in [0.15, 0.2) is 0 Å². The molecule has 2 aromatic rings. The minimum Gasteiger partial charge on any atom is -0.465 e. The Morgan fingerprint density at radius 3 is 2.75 bits per heavy atom. The highest BCUT2D eigenvalue weighted by atomic mass is 32.1. The molecule has 2 rings (SSSR count). The third-order valence-corrected chi connectivity index (χ3v) is 3.67. The normalized spacial score (nSPS) is 12.9. The van der Waals surface area contributed by atoms with E-state index in [-0.39, 0.29) is 0 Å². The summed E-state index contributed by atoms with van der Waals surface area (Å²) in [6, 6.07) is 8.72. The zero-order chi connectivity index (χ0) is 11.4. The van der Waals surface area contributed by atoms with Gasteiger partial charge in [0, 0.05) is 17.3 Å². The average Bonchev–Trinajstić information content (AvgIpc) is 2.96. The smallest absolute Gasteiger partial charge is 0.117 e. The Labute approximate surface area is 100 Å². The maximum Gasteiger partial charge on any atom is 0.117 e. The molecule has 2 aromatic heterocycles. The molecule has 0 radical (unpaired) electrons. The monoisotopic (exact) mass is 235 g/mol. The Kier molecular flexibility index (Phi) is 3.80. The summed E-state index contributed by atoms with van der Waals surface area (Å²) in [5.41, 5.74) is 0. The lowest BCUT2D eigenvalue weighted by atomic mass is 10.2. The van der Waals surface area contributed by atoms with E-state index >= 15 is 0 Å². The van der Waals surface area contributed by atoms with Crippen LogP contribution in [0.2, 0.25) is 0 Å². The molecular formula is C13H17NOS. The lowest BCUT2D eigenvalue weighted by molar-refractivity contribution is 0.436. The molecule has 0 bridgehead atoms. The van der Waals surface area contributed by atoms with Crippen molar-refractivity contribution in [1.82, 2.24) is 5.32 Å². The Morgan fingerprint density at radius 1 is 1.31 bits per heavy atom. The van der Waals surface area contributed by atoms with Gasteiger partial charge in [0.25, 0.3) is 0 Å². The van der Waals surface area contributed by atoms with E-state index in [4.69, 9.17) is 4.42 Å². The fourth-order valence-electron chi connectivity index (χ4n) is 1.60. The van der Waals surface area contributed by atoms with E-state index in [1.54, 1.807) is 11.3 Å². The van der Waals surface area contributed by atoms with Crippen LogP contribution >= 0.6 is 11.3 Å². The number of hydrogen-bond donors (Lipinski definition) is 1. The highest BCUT2D eigenvalue weighted by Crippen LogP contribution is 2.19. The van der Waals surface area contributed by atoms with Crippen molar-refractivity contribution in [3.05, 3.63) is 46.0 Å². The first kappa shape index (κ1) is 11.4. The maximum atomic E-state index is 5.64. The van der Waals surface area contributed by atoms with Gasteiger partial charge >= 0.3 is 0 Å². The van der Waals surface area contributed by atoms with Crippen LogP contribution in [0.4, 0.5) is 0 Å². The molecule has 0 saturated heterocycles. The molecule has 86 valence electrons. The van der Waals surface area contributed by atoms with Gasteiger partial charge in [-0.3, -0.25) is 0 Å². The van der Waals surface area contributed by atoms with E-state index in [1.807, 2.05) is 12.1 Å². The van der Waals surface area contributed by atoms with Crippen LogP contribution in [0.15, 0.2) is 34.1 Å². The molecule has 0 amide bonds. The van der Waals surface area contributed by atoms with Gasteiger partial charge < -0.3 is 9.73 Å². The third-order valence-electron chi connectivity index (χ3n) is 2.62. The molecule has 0 aliphatic rings. The molecule has 0 spiro atoms. The molecule has 2 heterocycles. The van der Waals surface area contributed by atoms with E-state index in [2.05, 4.69) is 36.7 Å². The van der Waals surface area contributed by atoms with Crippen LogP contribution in [0.3, 0.4) is 0 Å². The minimum atomic E-state index is 0.384. The minimum absolute atomic E-state index is 0.384. The zero-order valence-electron chi connectivity index (χ0n) is 9.69. The SMILES string of the molecule is CCc1ccc(CN[C@@H](C)c2cccs2)o1. The first-order valence-corrected chi connectivity index (χ1v) is 6.52. The van der Waals surface area contributed by atoms with Gasteiger partial charge in [-0.25, -0.2) is 0 Å². The van der Waals surface area contributed by atoms with Gasteiger partial charge in [-0.1, -0.05) is 13.0 Å². The Balaban J connectivity index is 1.87. The van der Waals surface area contributed by atoms with E-state index in [0.717, 1.165) is 24.5 Å². The van der Waals surface area contributed by atoms with Crippen molar-refractivity contribution in [1.29, 1.82) is 0 Å². The van der Waals surface area contributed by atoms with Crippen LogP contribution in [-0.2, 0) is 13.0 Å². The predicted octanol–water partition coefficient (Wildman–Crippen LogP) is 3.75. The summed E-state index contributed by atoms with van der Waals surface area (Å²) >= 11 is 1.78. The van der Waals surface area contributed by atoms with Crippen molar-refractivity contribution in [2.24, 2.45) is 0 Å². The van der Waals surface area contributed by atoms with Crippen molar-refractivity contribution in [3.63, 3.8) is 0 Å². The highest BCUT2D eigenvalue weighted by molar-refractivity contribution is 7.10. The number of furan rings is 1. The fraction of sp³-hybridized carbons (Fsp3) is 0.385. The van der Waals surface area contributed by atoms with E-state index in [1.165, 1.54) is 4.88 Å². The molecule has 1 N–H and O–H groups in total. The summed E-state index contributed by atoms with van der Waals surface area (Å²) in [4.78, 5) is 1.36. The van der Waals surface area contributed by atoms with Crippen LogP contribution in [-0.4, -0.2) is 0 Å². The molecular weight excluding hydrogens is 218 g/mol. The second kappa shape index (κ2) is 5.32. The summed E-state index contributed by atoms with van der Waals surface area (Å²) in [5, 5.41) is 5.56.